The molecule has 0 fully saturated rings. The normalized spacial score (nSPS) is 12.3. The summed E-state index contributed by atoms with van der Waals surface area (Å²) in [4.78, 5) is 0. The average molecular weight is 271 g/mol. The molecule has 0 radical (unpaired) electrons. The molecule has 0 amide bonds. The summed E-state index contributed by atoms with van der Waals surface area (Å²) in [5.74, 6) is -0.125. The maximum absolute atomic E-state index is 13.3. The van der Waals surface area contributed by atoms with E-state index in [2.05, 4.69) is 36.5 Å². The summed E-state index contributed by atoms with van der Waals surface area (Å²) in [5, 5.41) is 3.52. The van der Waals surface area contributed by atoms with Crippen molar-refractivity contribution < 1.29 is 4.39 Å². The van der Waals surface area contributed by atoms with Crippen LogP contribution in [0.15, 0.2) is 48.5 Å². The van der Waals surface area contributed by atoms with Gasteiger partial charge in [0.2, 0.25) is 0 Å². The molecular formula is C18H22FN. The number of hydrogen-bond acceptors (Lipinski definition) is 1. The Balaban J connectivity index is 2.03. The van der Waals surface area contributed by atoms with Gasteiger partial charge in [-0.1, -0.05) is 49.4 Å². The van der Waals surface area contributed by atoms with Crippen molar-refractivity contribution in [3.8, 4) is 0 Å². The first kappa shape index (κ1) is 14.7. The summed E-state index contributed by atoms with van der Waals surface area (Å²) < 4.78 is 13.3. The summed E-state index contributed by atoms with van der Waals surface area (Å²) in [6.07, 6.45) is 1.97. The van der Waals surface area contributed by atoms with Crippen molar-refractivity contribution in [2.45, 2.75) is 32.7 Å². The Hall–Kier alpha value is -1.67. The molecule has 0 saturated carbocycles. The van der Waals surface area contributed by atoms with E-state index in [1.54, 1.807) is 6.07 Å². The van der Waals surface area contributed by atoms with E-state index in [1.807, 2.05) is 25.1 Å². The Bertz CT molecular complexity index is 536. The monoisotopic (exact) mass is 271 g/mol. The third-order valence-electron chi connectivity index (χ3n) is 3.60. The molecule has 0 bridgehead atoms. The molecule has 1 nitrogen and oxygen atoms in total. The van der Waals surface area contributed by atoms with Gasteiger partial charge in [-0.2, -0.15) is 0 Å². The summed E-state index contributed by atoms with van der Waals surface area (Å²) >= 11 is 0. The zero-order chi connectivity index (χ0) is 14.4. The topological polar surface area (TPSA) is 12.0 Å². The van der Waals surface area contributed by atoms with Crippen LogP contribution < -0.4 is 5.32 Å². The smallest absolute Gasteiger partial charge is 0.126 e. The van der Waals surface area contributed by atoms with Gasteiger partial charge in [0, 0.05) is 6.04 Å². The van der Waals surface area contributed by atoms with Crippen molar-refractivity contribution in [2.24, 2.45) is 0 Å². The van der Waals surface area contributed by atoms with Crippen LogP contribution in [0.2, 0.25) is 0 Å². The second-order valence-electron chi connectivity index (χ2n) is 5.14. The molecule has 0 aliphatic carbocycles. The Kier molecular flexibility index (Phi) is 5.31. The molecule has 20 heavy (non-hydrogen) atoms. The number of hydrogen-bond donors (Lipinski definition) is 1. The SMILES string of the molecule is CCNC(CCc1ccc(F)c(C)c1)c1ccccc1. The maximum Gasteiger partial charge on any atom is 0.126 e. The predicted octanol–water partition coefficient (Wildman–Crippen LogP) is 4.42. The van der Waals surface area contributed by atoms with Crippen molar-refractivity contribution in [1.82, 2.24) is 5.32 Å². The predicted molar refractivity (Wildman–Crippen MR) is 82.3 cm³/mol. The molecule has 0 saturated heterocycles. The third-order valence-corrected chi connectivity index (χ3v) is 3.60. The number of aryl methyl sites for hydroxylation is 2. The lowest BCUT2D eigenvalue weighted by Crippen LogP contribution is -2.21. The van der Waals surface area contributed by atoms with Gasteiger partial charge in [0.25, 0.3) is 0 Å². The van der Waals surface area contributed by atoms with Crippen LogP contribution in [0.4, 0.5) is 4.39 Å². The van der Waals surface area contributed by atoms with Crippen molar-refractivity contribution in [3.63, 3.8) is 0 Å². The van der Waals surface area contributed by atoms with E-state index < -0.39 is 0 Å². The van der Waals surface area contributed by atoms with E-state index in [9.17, 15) is 4.39 Å². The Labute approximate surface area is 120 Å². The van der Waals surface area contributed by atoms with Crippen LogP contribution in [-0.2, 0) is 6.42 Å². The second-order valence-corrected chi connectivity index (χ2v) is 5.14. The van der Waals surface area contributed by atoms with E-state index in [4.69, 9.17) is 0 Å². The van der Waals surface area contributed by atoms with Crippen LogP contribution in [0.3, 0.4) is 0 Å². The van der Waals surface area contributed by atoms with Crippen molar-refractivity contribution in [3.05, 3.63) is 71.0 Å². The Morgan fingerprint density at radius 3 is 2.50 bits per heavy atom. The number of halogens is 1. The molecule has 0 aromatic heterocycles. The van der Waals surface area contributed by atoms with Crippen molar-refractivity contribution in [2.75, 3.05) is 6.54 Å². The lowest BCUT2D eigenvalue weighted by Gasteiger charge is -2.18. The molecule has 1 atom stereocenters. The molecule has 1 unspecified atom stereocenters. The summed E-state index contributed by atoms with van der Waals surface area (Å²) in [6.45, 7) is 4.89. The van der Waals surface area contributed by atoms with Gasteiger partial charge < -0.3 is 5.32 Å². The Morgan fingerprint density at radius 1 is 1.10 bits per heavy atom. The fraction of sp³-hybridized carbons (Fsp3) is 0.333. The quantitative estimate of drug-likeness (QED) is 0.820. The molecule has 0 heterocycles. The molecule has 2 aromatic carbocycles. The van der Waals surface area contributed by atoms with Gasteiger partial charge in [0.1, 0.15) is 5.82 Å². The highest BCUT2D eigenvalue weighted by atomic mass is 19.1. The van der Waals surface area contributed by atoms with Crippen LogP contribution in [-0.4, -0.2) is 6.54 Å². The van der Waals surface area contributed by atoms with E-state index in [0.717, 1.165) is 24.9 Å². The molecular weight excluding hydrogens is 249 g/mol. The fourth-order valence-electron chi connectivity index (χ4n) is 2.49. The van der Waals surface area contributed by atoms with Gasteiger partial charge in [-0.3, -0.25) is 0 Å². The number of rotatable bonds is 6. The molecule has 0 aliphatic rings. The minimum absolute atomic E-state index is 0.125. The lowest BCUT2D eigenvalue weighted by atomic mass is 9.98. The summed E-state index contributed by atoms with van der Waals surface area (Å²) in [5.41, 5.74) is 3.23. The molecule has 2 rings (SSSR count). The first-order chi connectivity index (χ1) is 9.70. The van der Waals surface area contributed by atoms with E-state index >= 15 is 0 Å². The fourth-order valence-corrected chi connectivity index (χ4v) is 2.49. The lowest BCUT2D eigenvalue weighted by molar-refractivity contribution is 0.515. The van der Waals surface area contributed by atoms with E-state index in [-0.39, 0.29) is 5.82 Å². The first-order valence-corrected chi connectivity index (χ1v) is 7.24. The van der Waals surface area contributed by atoms with Gasteiger partial charge >= 0.3 is 0 Å². The second kappa shape index (κ2) is 7.20. The highest BCUT2D eigenvalue weighted by molar-refractivity contribution is 5.25. The maximum atomic E-state index is 13.3. The average Bonchev–Trinajstić information content (AvgIpc) is 2.48. The highest BCUT2D eigenvalue weighted by Crippen LogP contribution is 2.20. The molecule has 106 valence electrons. The molecule has 1 N–H and O–H groups in total. The minimum atomic E-state index is -0.125. The molecule has 0 spiro atoms. The molecule has 2 aromatic rings. The van der Waals surface area contributed by atoms with Crippen LogP contribution >= 0.6 is 0 Å². The number of benzene rings is 2. The largest absolute Gasteiger partial charge is 0.310 e. The zero-order valence-electron chi connectivity index (χ0n) is 12.2. The van der Waals surface area contributed by atoms with Crippen LogP contribution in [0.1, 0.15) is 36.1 Å². The van der Waals surface area contributed by atoms with Gasteiger partial charge in [0.15, 0.2) is 0 Å². The van der Waals surface area contributed by atoms with Gasteiger partial charge in [-0.05, 0) is 49.1 Å². The summed E-state index contributed by atoms with van der Waals surface area (Å²) in [7, 11) is 0. The first-order valence-electron chi connectivity index (χ1n) is 7.24. The van der Waals surface area contributed by atoms with Crippen molar-refractivity contribution in [1.29, 1.82) is 0 Å². The van der Waals surface area contributed by atoms with E-state index in [0.29, 0.717) is 6.04 Å². The third kappa shape index (κ3) is 3.91. The summed E-state index contributed by atoms with van der Waals surface area (Å²) in [6, 6.07) is 16.2. The van der Waals surface area contributed by atoms with E-state index in [1.165, 1.54) is 11.1 Å². The minimum Gasteiger partial charge on any atom is -0.310 e. The van der Waals surface area contributed by atoms with Gasteiger partial charge in [0.05, 0.1) is 0 Å². The van der Waals surface area contributed by atoms with Crippen LogP contribution in [0, 0.1) is 12.7 Å². The molecule has 0 aliphatic heterocycles. The number of nitrogens with one attached hydrogen (secondary N) is 1. The highest BCUT2D eigenvalue weighted by Gasteiger charge is 2.10. The van der Waals surface area contributed by atoms with Crippen LogP contribution in [0.25, 0.3) is 0 Å². The van der Waals surface area contributed by atoms with Crippen LogP contribution in [0.5, 0.6) is 0 Å². The van der Waals surface area contributed by atoms with Gasteiger partial charge in [-0.25, -0.2) is 4.39 Å². The Morgan fingerprint density at radius 2 is 1.85 bits per heavy atom. The van der Waals surface area contributed by atoms with Crippen molar-refractivity contribution >= 4 is 0 Å². The molecule has 2 heteroatoms. The standard InChI is InChI=1S/C18H22FN/c1-3-20-18(16-7-5-4-6-8-16)12-10-15-9-11-17(19)14(2)13-15/h4-9,11,13,18,20H,3,10,12H2,1-2H3. The van der Waals surface area contributed by atoms with Gasteiger partial charge in [-0.15, -0.1) is 0 Å². The zero-order valence-corrected chi connectivity index (χ0v) is 12.2.